The molecular weight excluding hydrogens is 456 g/mol. The molecule has 0 spiro atoms. The van der Waals surface area contributed by atoms with Crippen molar-refractivity contribution in [2.75, 3.05) is 38.3 Å². The van der Waals surface area contributed by atoms with Gasteiger partial charge in [0, 0.05) is 81.6 Å². The first-order chi connectivity index (χ1) is 17.5. The molecule has 0 atom stereocenters. The number of anilines is 1. The molecule has 2 saturated heterocycles. The Kier molecular flexibility index (Phi) is 7.48. The molecule has 2 aliphatic rings. The number of piperidine rings is 1. The van der Waals surface area contributed by atoms with E-state index in [4.69, 9.17) is 19.4 Å². The highest BCUT2D eigenvalue weighted by atomic mass is 16.5. The molecule has 3 aromatic heterocycles. The standard InChI is InChI=1S/C27H36N6O3/c1-18(2)33-17-24(26(34)30-19-7-12-36-13-8-19)23-16-29-21(15-25(23)33)14-20-4-9-28-27(31-20)32-10-5-22(35-3)6-11-32/h4,9,15-19,22H,5-8,10-14H2,1-3H3,(H,30,34). The first-order valence-corrected chi connectivity index (χ1v) is 13.0. The summed E-state index contributed by atoms with van der Waals surface area (Å²) in [5.41, 5.74) is 3.54. The van der Waals surface area contributed by atoms with E-state index in [0.717, 1.165) is 67.0 Å². The van der Waals surface area contributed by atoms with E-state index >= 15 is 0 Å². The van der Waals surface area contributed by atoms with Gasteiger partial charge in [-0.2, -0.15) is 0 Å². The monoisotopic (exact) mass is 492 g/mol. The number of ether oxygens (including phenoxy) is 2. The zero-order valence-electron chi connectivity index (χ0n) is 21.4. The number of methoxy groups -OCH3 is 1. The number of fused-ring (bicyclic) bond motifs is 1. The highest BCUT2D eigenvalue weighted by molar-refractivity contribution is 6.07. The third kappa shape index (κ3) is 5.37. The van der Waals surface area contributed by atoms with Crippen LogP contribution in [0, 0.1) is 0 Å². The molecular formula is C27H36N6O3. The summed E-state index contributed by atoms with van der Waals surface area (Å²) in [4.78, 5) is 29.4. The van der Waals surface area contributed by atoms with Crippen LogP contribution in [-0.4, -0.2) is 71.0 Å². The third-order valence-corrected chi connectivity index (χ3v) is 7.25. The van der Waals surface area contributed by atoms with Crippen molar-refractivity contribution in [2.45, 2.75) is 64.1 Å². The molecule has 0 saturated carbocycles. The maximum Gasteiger partial charge on any atom is 0.253 e. The molecule has 0 aliphatic carbocycles. The Balaban J connectivity index is 1.36. The fourth-order valence-electron chi connectivity index (χ4n) is 5.11. The van der Waals surface area contributed by atoms with Gasteiger partial charge in [-0.25, -0.2) is 9.97 Å². The molecule has 3 aromatic rings. The number of hydrogen-bond acceptors (Lipinski definition) is 7. The molecule has 2 aliphatic heterocycles. The summed E-state index contributed by atoms with van der Waals surface area (Å²) < 4.78 is 13.1. The van der Waals surface area contributed by atoms with Gasteiger partial charge in [-0.15, -0.1) is 0 Å². The van der Waals surface area contributed by atoms with E-state index in [2.05, 4.69) is 39.7 Å². The number of nitrogens with one attached hydrogen (secondary N) is 1. The maximum atomic E-state index is 13.1. The minimum absolute atomic E-state index is 0.0430. The second-order valence-corrected chi connectivity index (χ2v) is 10.0. The van der Waals surface area contributed by atoms with Gasteiger partial charge >= 0.3 is 0 Å². The molecule has 192 valence electrons. The lowest BCUT2D eigenvalue weighted by atomic mass is 10.1. The average Bonchev–Trinajstić information content (AvgIpc) is 3.29. The summed E-state index contributed by atoms with van der Waals surface area (Å²) >= 11 is 0. The lowest BCUT2D eigenvalue weighted by Gasteiger charge is -2.31. The van der Waals surface area contributed by atoms with E-state index in [1.807, 2.05) is 24.7 Å². The van der Waals surface area contributed by atoms with Crippen molar-refractivity contribution in [3.63, 3.8) is 0 Å². The number of rotatable bonds is 7. The second-order valence-electron chi connectivity index (χ2n) is 10.0. The molecule has 0 radical (unpaired) electrons. The van der Waals surface area contributed by atoms with Crippen LogP contribution in [0.15, 0.2) is 30.7 Å². The largest absolute Gasteiger partial charge is 0.381 e. The van der Waals surface area contributed by atoms with Gasteiger partial charge in [0.15, 0.2) is 0 Å². The van der Waals surface area contributed by atoms with Crippen LogP contribution in [0.25, 0.3) is 10.9 Å². The Morgan fingerprint density at radius 3 is 2.67 bits per heavy atom. The van der Waals surface area contributed by atoms with Crippen LogP contribution in [-0.2, 0) is 15.9 Å². The summed E-state index contributed by atoms with van der Waals surface area (Å²) in [6.07, 6.45) is 10.2. The number of nitrogens with zero attached hydrogens (tertiary/aromatic N) is 5. The van der Waals surface area contributed by atoms with E-state index in [0.29, 0.717) is 31.3 Å². The number of amides is 1. The average molecular weight is 493 g/mol. The van der Waals surface area contributed by atoms with Crippen molar-refractivity contribution >= 4 is 22.8 Å². The van der Waals surface area contributed by atoms with Crippen molar-refractivity contribution in [1.82, 2.24) is 24.8 Å². The SMILES string of the molecule is COC1CCN(c2nccc(Cc3cc4c(cn3)c(C(=O)NC3CCOCC3)cn4C(C)C)n2)CC1. The van der Waals surface area contributed by atoms with Crippen LogP contribution in [0.3, 0.4) is 0 Å². The van der Waals surface area contributed by atoms with Crippen LogP contribution in [0.1, 0.15) is 67.3 Å². The normalized spacial score (nSPS) is 17.7. The van der Waals surface area contributed by atoms with E-state index < -0.39 is 0 Å². The number of carbonyl (C=O) groups is 1. The van der Waals surface area contributed by atoms with Gasteiger partial charge in [0.25, 0.3) is 5.91 Å². The van der Waals surface area contributed by atoms with Gasteiger partial charge < -0.3 is 24.3 Å². The lowest BCUT2D eigenvalue weighted by Crippen LogP contribution is -2.38. The third-order valence-electron chi connectivity index (χ3n) is 7.25. The van der Waals surface area contributed by atoms with Crippen LogP contribution in [0.4, 0.5) is 5.95 Å². The summed E-state index contributed by atoms with van der Waals surface area (Å²) in [7, 11) is 1.78. The van der Waals surface area contributed by atoms with E-state index in [1.54, 1.807) is 7.11 Å². The van der Waals surface area contributed by atoms with Gasteiger partial charge in [0.05, 0.1) is 22.9 Å². The smallest absolute Gasteiger partial charge is 0.253 e. The van der Waals surface area contributed by atoms with Crippen molar-refractivity contribution in [3.8, 4) is 0 Å². The number of carbonyl (C=O) groups excluding carboxylic acids is 1. The molecule has 1 amide bonds. The Morgan fingerprint density at radius 1 is 1.17 bits per heavy atom. The minimum atomic E-state index is -0.0430. The van der Waals surface area contributed by atoms with Gasteiger partial charge in [-0.3, -0.25) is 9.78 Å². The van der Waals surface area contributed by atoms with E-state index in [9.17, 15) is 4.79 Å². The van der Waals surface area contributed by atoms with Crippen molar-refractivity contribution in [1.29, 1.82) is 0 Å². The molecule has 9 heteroatoms. The van der Waals surface area contributed by atoms with Gasteiger partial charge in [-0.1, -0.05) is 0 Å². The number of aromatic nitrogens is 4. The summed E-state index contributed by atoms with van der Waals surface area (Å²) in [6, 6.07) is 4.41. The molecule has 9 nitrogen and oxygen atoms in total. The van der Waals surface area contributed by atoms with Gasteiger partial charge in [-0.05, 0) is 51.7 Å². The Bertz CT molecular complexity index is 1200. The summed E-state index contributed by atoms with van der Waals surface area (Å²) in [5.74, 6) is 0.722. The first kappa shape index (κ1) is 24.6. The molecule has 1 N–H and O–H groups in total. The number of pyridine rings is 1. The van der Waals surface area contributed by atoms with Crippen LogP contribution in [0.5, 0.6) is 0 Å². The predicted molar refractivity (Wildman–Crippen MR) is 139 cm³/mol. The van der Waals surface area contributed by atoms with Crippen LogP contribution >= 0.6 is 0 Å². The highest BCUT2D eigenvalue weighted by Crippen LogP contribution is 2.26. The Hall–Kier alpha value is -3.04. The van der Waals surface area contributed by atoms with E-state index in [1.165, 1.54) is 0 Å². The summed E-state index contributed by atoms with van der Waals surface area (Å²) in [6.45, 7) is 7.44. The second kappa shape index (κ2) is 10.9. The number of hydrogen-bond donors (Lipinski definition) is 1. The zero-order chi connectivity index (χ0) is 25.1. The fraction of sp³-hybridized carbons (Fsp3) is 0.556. The zero-order valence-corrected chi connectivity index (χ0v) is 21.4. The fourth-order valence-corrected chi connectivity index (χ4v) is 5.11. The lowest BCUT2D eigenvalue weighted by molar-refractivity contribution is 0.0697. The van der Waals surface area contributed by atoms with Crippen molar-refractivity contribution in [2.24, 2.45) is 0 Å². The predicted octanol–water partition coefficient (Wildman–Crippen LogP) is 3.52. The van der Waals surface area contributed by atoms with Crippen molar-refractivity contribution < 1.29 is 14.3 Å². The molecule has 5 heterocycles. The maximum absolute atomic E-state index is 13.1. The minimum Gasteiger partial charge on any atom is -0.381 e. The molecule has 0 aromatic carbocycles. The molecule has 0 unspecified atom stereocenters. The van der Waals surface area contributed by atoms with Crippen LogP contribution in [0.2, 0.25) is 0 Å². The topological polar surface area (TPSA) is 94.4 Å². The Morgan fingerprint density at radius 2 is 1.94 bits per heavy atom. The first-order valence-electron chi connectivity index (χ1n) is 13.0. The molecule has 5 rings (SSSR count). The molecule has 0 bridgehead atoms. The van der Waals surface area contributed by atoms with Crippen LogP contribution < -0.4 is 10.2 Å². The Labute approximate surface area is 212 Å². The highest BCUT2D eigenvalue weighted by Gasteiger charge is 2.23. The van der Waals surface area contributed by atoms with E-state index in [-0.39, 0.29) is 18.0 Å². The molecule has 2 fully saturated rings. The van der Waals surface area contributed by atoms with Gasteiger partial charge in [0.1, 0.15) is 0 Å². The quantitative estimate of drug-likeness (QED) is 0.539. The van der Waals surface area contributed by atoms with Gasteiger partial charge in [0.2, 0.25) is 5.95 Å². The van der Waals surface area contributed by atoms with Crippen molar-refractivity contribution in [3.05, 3.63) is 47.7 Å². The molecule has 36 heavy (non-hydrogen) atoms. The summed E-state index contributed by atoms with van der Waals surface area (Å²) in [5, 5.41) is 4.06.